The second-order valence-electron chi connectivity index (χ2n) is 6.67. The first-order chi connectivity index (χ1) is 11.3. The fourth-order valence-corrected chi connectivity index (χ4v) is 4.39. The highest BCUT2D eigenvalue weighted by molar-refractivity contribution is 9.10. The van der Waals surface area contributed by atoms with Crippen LogP contribution >= 0.6 is 15.9 Å². The van der Waals surface area contributed by atoms with E-state index in [0.717, 1.165) is 10.0 Å². The molecule has 0 spiro atoms. The van der Waals surface area contributed by atoms with Gasteiger partial charge < -0.3 is 5.11 Å². The van der Waals surface area contributed by atoms with Gasteiger partial charge >= 0.3 is 0 Å². The van der Waals surface area contributed by atoms with E-state index in [1.165, 1.54) is 6.08 Å². The van der Waals surface area contributed by atoms with E-state index in [-0.39, 0.29) is 17.3 Å². The Morgan fingerprint density at radius 3 is 2.75 bits per heavy atom. The quantitative estimate of drug-likeness (QED) is 0.815. The van der Waals surface area contributed by atoms with Crippen LogP contribution in [0.1, 0.15) is 31.7 Å². The Morgan fingerprint density at radius 2 is 2.08 bits per heavy atom. The second kappa shape index (κ2) is 5.85. The zero-order valence-electron chi connectivity index (χ0n) is 13.7. The molecule has 0 amide bonds. The Kier molecular flexibility index (Phi) is 4.12. The summed E-state index contributed by atoms with van der Waals surface area (Å²) in [6.07, 6.45) is 5.65. The maximum Gasteiger partial charge on any atom is 0.163 e. The summed E-state index contributed by atoms with van der Waals surface area (Å²) in [6.45, 7) is 7.39. The maximum absolute atomic E-state index is 13.0. The average molecular weight is 387 g/mol. The molecule has 0 aromatic heterocycles. The van der Waals surface area contributed by atoms with Crippen molar-refractivity contribution >= 4 is 27.5 Å². The normalized spacial score (nSPS) is 29.6. The number of Topliss-reactive ketones (excluding diaryl/α,β-unsaturated/α-hetero) is 1. The number of aromatic hydroxyl groups is 1. The molecular formula is C20H19BrO3. The highest BCUT2D eigenvalue weighted by Gasteiger charge is 2.55. The molecule has 0 radical (unpaired) electrons. The molecule has 0 bridgehead atoms. The first-order valence-corrected chi connectivity index (χ1v) is 8.67. The standard InChI is InChI=1S/C20H19BrO3/c1-4-12-5-7-15-19(24)11(2)9-17(23)20(15,3)18(12)14-10-13(21)6-8-16(14)22/h4-6,8-10,15,18,22H,1,7H2,2-3H3/t15-,18+,20-/m0/s1. The van der Waals surface area contributed by atoms with Crippen molar-refractivity contribution in [3.8, 4) is 5.75 Å². The summed E-state index contributed by atoms with van der Waals surface area (Å²) in [7, 11) is 0. The van der Waals surface area contributed by atoms with Gasteiger partial charge in [0, 0.05) is 21.9 Å². The average Bonchev–Trinajstić information content (AvgIpc) is 2.55. The van der Waals surface area contributed by atoms with E-state index in [2.05, 4.69) is 22.5 Å². The van der Waals surface area contributed by atoms with Gasteiger partial charge in [-0.25, -0.2) is 0 Å². The molecule has 0 fully saturated rings. The molecule has 124 valence electrons. The third-order valence-corrected chi connectivity index (χ3v) is 5.86. The van der Waals surface area contributed by atoms with Crippen LogP contribution in [0.15, 0.2) is 58.6 Å². The Balaban J connectivity index is 2.28. The van der Waals surface area contributed by atoms with E-state index in [1.54, 1.807) is 25.1 Å². The third-order valence-electron chi connectivity index (χ3n) is 5.37. The molecule has 3 atom stereocenters. The lowest BCUT2D eigenvalue weighted by Gasteiger charge is -2.47. The molecule has 24 heavy (non-hydrogen) atoms. The highest BCUT2D eigenvalue weighted by Crippen LogP contribution is 2.56. The van der Waals surface area contributed by atoms with E-state index in [4.69, 9.17) is 0 Å². The SMILES string of the molecule is C=CC1=CC[C@H]2C(=O)C(C)=CC(=O)[C@@]2(C)[C@H]1c1cc(Br)ccc1O. The summed E-state index contributed by atoms with van der Waals surface area (Å²) in [4.78, 5) is 25.7. The van der Waals surface area contributed by atoms with Crippen molar-refractivity contribution in [2.75, 3.05) is 0 Å². The van der Waals surface area contributed by atoms with E-state index >= 15 is 0 Å². The van der Waals surface area contributed by atoms with Gasteiger partial charge in [0.15, 0.2) is 11.6 Å². The number of allylic oxidation sites excluding steroid dienone is 5. The topological polar surface area (TPSA) is 54.4 Å². The smallest absolute Gasteiger partial charge is 0.163 e. The van der Waals surface area contributed by atoms with Crippen LogP contribution in [0.25, 0.3) is 0 Å². The number of hydrogen-bond donors (Lipinski definition) is 1. The molecule has 0 heterocycles. The number of hydrogen-bond acceptors (Lipinski definition) is 3. The molecule has 1 aromatic rings. The summed E-state index contributed by atoms with van der Waals surface area (Å²) in [6, 6.07) is 5.16. The highest BCUT2D eigenvalue weighted by atomic mass is 79.9. The summed E-state index contributed by atoms with van der Waals surface area (Å²) in [5, 5.41) is 10.4. The minimum atomic E-state index is -0.923. The predicted molar refractivity (Wildman–Crippen MR) is 96.8 cm³/mol. The number of carbonyl (C=O) groups excluding carboxylic acids is 2. The molecular weight excluding hydrogens is 368 g/mol. The van der Waals surface area contributed by atoms with Gasteiger partial charge in [-0.1, -0.05) is 41.6 Å². The van der Waals surface area contributed by atoms with E-state index in [9.17, 15) is 14.7 Å². The fourth-order valence-electron chi connectivity index (χ4n) is 4.02. The number of benzene rings is 1. The number of phenols is 1. The minimum Gasteiger partial charge on any atom is -0.508 e. The zero-order valence-corrected chi connectivity index (χ0v) is 15.3. The van der Waals surface area contributed by atoms with Gasteiger partial charge in [0.1, 0.15) is 5.75 Å². The maximum atomic E-state index is 13.0. The largest absolute Gasteiger partial charge is 0.508 e. The molecule has 3 nitrogen and oxygen atoms in total. The third kappa shape index (κ3) is 2.32. The van der Waals surface area contributed by atoms with Gasteiger partial charge in [0.25, 0.3) is 0 Å². The van der Waals surface area contributed by atoms with Crippen molar-refractivity contribution in [3.63, 3.8) is 0 Å². The number of carbonyl (C=O) groups is 2. The number of rotatable bonds is 2. The van der Waals surface area contributed by atoms with Gasteiger partial charge in [-0.3, -0.25) is 9.59 Å². The Hall–Kier alpha value is -1.94. The van der Waals surface area contributed by atoms with Crippen molar-refractivity contribution < 1.29 is 14.7 Å². The van der Waals surface area contributed by atoms with Crippen LogP contribution in [-0.2, 0) is 9.59 Å². The molecule has 2 aliphatic carbocycles. The van der Waals surface area contributed by atoms with Crippen molar-refractivity contribution in [1.82, 2.24) is 0 Å². The number of ketones is 2. The van der Waals surface area contributed by atoms with Gasteiger partial charge in [0.2, 0.25) is 0 Å². The molecule has 1 aromatic carbocycles. The van der Waals surface area contributed by atoms with Crippen molar-refractivity contribution in [2.45, 2.75) is 26.2 Å². The van der Waals surface area contributed by atoms with Crippen LogP contribution in [0.3, 0.4) is 0 Å². The number of halogens is 1. The fraction of sp³-hybridized carbons (Fsp3) is 0.300. The number of fused-ring (bicyclic) bond motifs is 1. The molecule has 0 aliphatic heterocycles. The molecule has 3 rings (SSSR count). The van der Waals surface area contributed by atoms with Gasteiger partial charge in [-0.2, -0.15) is 0 Å². The first-order valence-electron chi connectivity index (χ1n) is 7.88. The molecule has 0 unspecified atom stereocenters. The van der Waals surface area contributed by atoms with Crippen molar-refractivity contribution in [2.24, 2.45) is 11.3 Å². The summed E-state index contributed by atoms with van der Waals surface area (Å²) in [5.74, 6) is -0.768. The van der Waals surface area contributed by atoms with Gasteiger partial charge in [-0.05, 0) is 48.8 Å². The zero-order chi connectivity index (χ0) is 17.6. The monoisotopic (exact) mass is 386 g/mol. The Morgan fingerprint density at radius 1 is 1.38 bits per heavy atom. The first kappa shape index (κ1) is 16.9. The van der Waals surface area contributed by atoms with Crippen LogP contribution in [0.5, 0.6) is 5.75 Å². The number of phenolic OH excluding ortho intramolecular Hbond substituents is 1. The van der Waals surface area contributed by atoms with E-state index in [1.807, 2.05) is 19.1 Å². The molecule has 0 saturated heterocycles. The lowest BCUT2D eigenvalue weighted by Crippen LogP contribution is -2.49. The molecule has 2 aliphatic rings. The van der Waals surface area contributed by atoms with Crippen LogP contribution in [-0.4, -0.2) is 16.7 Å². The van der Waals surface area contributed by atoms with Gasteiger partial charge in [0.05, 0.1) is 5.41 Å². The van der Waals surface area contributed by atoms with Gasteiger partial charge in [-0.15, -0.1) is 0 Å². The predicted octanol–water partition coefficient (Wildman–Crippen LogP) is 4.48. The lowest BCUT2D eigenvalue weighted by molar-refractivity contribution is -0.137. The Bertz CT molecular complexity index is 818. The van der Waals surface area contributed by atoms with Crippen LogP contribution < -0.4 is 0 Å². The molecule has 0 saturated carbocycles. The summed E-state index contributed by atoms with van der Waals surface area (Å²) in [5.41, 5.74) is 1.09. The van der Waals surface area contributed by atoms with E-state index < -0.39 is 17.3 Å². The molecule has 1 N–H and O–H groups in total. The Labute approximate surface area is 149 Å². The van der Waals surface area contributed by atoms with E-state index in [0.29, 0.717) is 17.6 Å². The van der Waals surface area contributed by atoms with Crippen LogP contribution in [0.2, 0.25) is 0 Å². The lowest BCUT2D eigenvalue weighted by atomic mass is 9.53. The van der Waals surface area contributed by atoms with Crippen LogP contribution in [0.4, 0.5) is 0 Å². The summed E-state index contributed by atoms with van der Waals surface area (Å²) >= 11 is 3.43. The van der Waals surface area contributed by atoms with Crippen LogP contribution in [0, 0.1) is 11.3 Å². The second-order valence-corrected chi connectivity index (χ2v) is 7.59. The molecule has 4 heteroatoms. The van der Waals surface area contributed by atoms with Crippen molar-refractivity contribution in [1.29, 1.82) is 0 Å². The minimum absolute atomic E-state index is 0.0101. The summed E-state index contributed by atoms with van der Waals surface area (Å²) < 4.78 is 0.811. The van der Waals surface area contributed by atoms with Crippen molar-refractivity contribution in [3.05, 3.63) is 64.2 Å².